The van der Waals surface area contributed by atoms with E-state index in [0.29, 0.717) is 11.1 Å². The summed E-state index contributed by atoms with van der Waals surface area (Å²) in [6.45, 7) is 2.90. The Bertz CT molecular complexity index is 1120. The molecule has 0 atom stereocenters. The summed E-state index contributed by atoms with van der Waals surface area (Å²) in [7, 11) is 0. The molecule has 0 radical (unpaired) electrons. The fraction of sp³-hybridized carbons (Fsp3) is 0.0870. The summed E-state index contributed by atoms with van der Waals surface area (Å²) >= 11 is 0. The lowest BCUT2D eigenvalue weighted by atomic mass is 9.96. The molecule has 4 aromatic rings. The Labute approximate surface area is 157 Å². The van der Waals surface area contributed by atoms with Crippen LogP contribution in [0.5, 0.6) is 0 Å². The molecule has 0 spiro atoms. The largest absolute Gasteiger partial charge is 0.330 e. The van der Waals surface area contributed by atoms with Crippen LogP contribution in [-0.2, 0) is 6.54 Å². The number of aromatic nitrogens is 2. The van der Waals surface area contributed by atoms with Crippen molar-refractivity contribution in [2.45, 2.75) is 13.5 Å². The third kappa shape index (κ3) is 2.95. The predicted octanol–water partition coefficient (Wildman–Crippen LogP) is 5.02. The average molecular weight is 354 g/mol. The molecule has 0 amide bonds. The Morgan fingerprint density at radius 1 is 0.778 bits per heavy atom. The number of carbonyl (C=O) groups is 2. The molecule has 0 aliphatic rings. The van der Waals surface area contributed by atoms with Crippen molar-refractivity contribution in [2.75, 3.05) is 0 Å². The summed E-state index contributed by atoms with van der Waals surface area (Å²) in [6, 6.07) is 19.3. The van der Waals surface area contributed by atoms with Gasteiger partial charge < -0.3 is 4.57 Å². The molecule has 27 heavy (non-hydrogen) atoms. The van der Waals surface area contributed by atoms with E-state index in [-0.39, 0.29) is 0 Å². The lowest BCUT2D eigenvalue weighted by molar-refractivity contribution is 0.111. The zero-order valence-corrected chi connectivity index (χ0v) is 14.9. The Kier molecular flexibility index (Phi) is 4.38. The maximum atomic E-state index is 10.9. The molecular formula is C23H18N2O2. The van der Waals surface area contributed by atoms with Crippen molar-refractivity contribution in [3.8, 4) is 22.3 Å². The number of rotatable bonds is 5. The second-order valence-corrected chi connectivity index (χ2v) is 6.37. The highest BCUT2D eigenvalue weighted by molar-refractivity contribution is 6.01. The van der Waals surface area contributed by atoms with Gasteiger partial charge in [0.2, 0.25) is 0 Å². The zero-order chi connectivity index (χ0) is 18.8. The lowest BCUT2D eigenvalue weighted by Crippen LogP contribution is -1.94. The van der Waals surface area contributed by atoms with E-state index in [9.17, 15) is 9.59 Å². The molecular weight excluding hydrogens is 336 g/mol. The van der Waals surface area contributed by atoms with Crippen LogP contribution in [0.1, 0.15) is 27.6 Å². The number of fused-ring (bicyclic) bond motifs is 1. The summed E-state index contributed by atoms with van der Waals surface area (Å²) in [5.74, 6) is 0. The van der Waals surface area contributed by atoms with Gasteiger partial charge >= 0.3 is 0 Å². The van der Waals surface area contributed by atoms with E-state index in [2.05, 4.69) is 28.6 Å². The van der Waals surface area contributed by atoms with Crippen LogP contribution in [0.25, 0.3) is 33.3 Å². The van der Waals surface area contributed by atoms with Gasteiger partial charge in [-0.25, -0.2) is 4.98 Å². The highest BCUT2D eigenvalue weighted by Crippen LogP contribution is 2.35. The van der Waals surface area contributed by atoms with Gasteiger partial charge in [0.1, 0.15) is 12.6 Å². The van der Waals surface area contributed by atoms with E-state index in [1.165, 1.54) is 0 Å². The van der Waals surface area contributed by atoms with Crippen molar-refractivity contribution in [1.82, 2.24) is 9.55 Å². The molecule has 0 fully saturated rings. The number of hydrogen-bond acceptors (Lipinski definition) is 3. The Morgan fingerprint density at radius 3 is 1.81 bits per heavy atom. The van der Waals surface area contributed by atoms with Crippen LogP contribution in [0, 0.1) is 0 Å². The molecule has 0 unspecified atom stereocenters. The Morgan fingerprint density at radius 2 is 1.30 bits per heavy atom. The normalized spacial score (nSPS) is 10.9. The van der Waals surface area contributed by atoms with Crippen LogP contribution < -0.4 is 0 Å². The van der Waals surface area contributed by atoms with Crippen molar-refractivity contribution in [1.29, 1.82) is 0 Å². The molecule has 1 aromatic heterocycles. The third-order valence-electron chi connectivity index (χ3n) is 4.82. The van der Waals surface area contributed by atoms with E-state index in [1.807, 2.05) is 54.9 Å². The van der Waals surface area contributed by atoms with Gasteiger partial charge in [-0.05, 0) is 18.1 Å². The van der Waals surface area contributed by atoms with Gasteiger partial charge in [-0.15, -0.1) is 0 Å². The van der Waals surface area contributed by atoms with Gasteiger partial charge in [0.05, 0.1) is 17.4 Å². The molecule has 0 saturated heterocycles. The standard InChI is InChI=1S/C23H18N2O2/c1-2-25-15-24-22-20(18-7-3-16(13-26)4-8-18)11-12-21(23(22)25)19-9-5-17(14-27)6-10-19/h3-15H,2H2,1H3. The zero-order valence-electron chi connectivity index (χ0n) is 14.9. The van der Waals surface area contributed by atoms with E-state index < -0.39 is 0 Å². The molecule has 1 heterocycles. The summed E-state index contributed by atoms with van der Waals surface area (Å²) < 4.78 is 2.13. The first-order valence-electron chi connectivity index (χ1n) is 8.84. The Balaban J connectivity index is 1.92. The van der Waals surface area contributed by atoms with Crippen molar-refractivity contribution in [3.63, 3.8) is 0 Å². The lowest BCUT2D eigenvalue weighted by Gasteiger charge is -2.11. The van der Waals surface area contributed by atoms with E-state index in [0.717, 1.165) is 52.4 Å². The highest BCUT2D eigenvalue weighted by atomic mass is 16.1. The molecule has 3 aromatic carbocycles. The number of imidazole rings is 1. The number of aryl methyl sites for hydroxylation is 1. The highest BCUT2D eigenvalue weighted by Gasteiger charge is 2.14. The molecule has 4 heteroatoms. The smallest absolute Gasteiger partial charge is 0.150 e. The average Bonchev–Trinajstić information content (AvgIpc) is 3.17. The Hall–Kier alpha value is -3.53. The molecule has 0 N–H and O–H groups in total. The minimum Gasteiger partial charge on any atom is -0.330 e. The topological polar surface area (TPSA) is 52.0 Å². The summed E-state index contributed by atoms with van der Waals surface area (Å²) in [5.41, 5.74) is 7.48. The van der Waals surface area contributed by atoms with Crippen molar-refractivity contribution in [3.05, 3.63) is 78.1 Å². The van der Waals surface area contributed by atoms with Crippen LogP contribution in [0.3, 0.4) is 0 Å². The number of benzene rings is 3. The third-order valence-corrected chi connectivity index (χ3v) is 4.82. The summed E-state index contributed by atoms with van der Waals surface area (Å²) in [6.07, 6.45) is 3.55. The molecule has 0 aliphatic carbocycles. The van der Waals surface area contributed by atoms with Crippen molar-refractivity contribution >= 4 is 23.6 Å². The first-order valence-corrected chi connectivity index (χ1v) is 8.84. The second kappa shape index (κ2) is 7.00. The monoisotopic (exact) mass is 354 g/mol. The van der Waals surface area contributed by atoms with Gasteiger partial charge in [0.15, 0.2) is 0 Å². The molecule has 0 aliphatic heterocycles. The first-order chi connectivity index (χ1) is 13.2. The SMILES string of the molecule is CCn1cnc2c(-c3ccc(C=O)cc3)ccc(-c3ccc(C=O)cc3)c21. The van der Waals surface area contributed by atoms with Crippen LogP contribution in [0.15, 0.2) is 67.0 Å². The molecule has 4 rings (SSSR count). The fourth-order valence-electron chi connectivity index (χ4n) is 3.37. The van der Waals surface area contributed by atoms with Gasteiger partial charge in [0.25, 0.3) is 0 Å². The second-order valence-electron chi connectivity index (χ2n) is 6.37. The van der Waals surface area contributed by atoms with Crippen molar-refractivity contribution < 1.29 is 9.59 Å². The summed E-state index contributed by atoms with van der Waals surface area (Å²) in [4.78, 5) is 26.5. The van der Waals surface area contributed by atoms with Gasteiger partial charge in [-0.3, -0.25) is 9.59 Å². The van der Waals surface area contributed by atoms with Crippen LogP contribution in [0.4, 0.5) is 0 Å². The molecule has 132 valence electrons. The van der Waals surface area contributed by atoms with Gasteiger partial charge in [-0.2, -0.15) is 0 Å². The quantitative estimate of drug-likeness (QED) is 0.473. The van der Waals surface area contributed by atoms with Crippen molar-refractivity contribution in [2.24, 2.45) is 0 Å². The van der Waals surface area contributed by atoms with E-state index in [4.69, 9.17) is 0 Å². The minimum absolute atomic E-state index is 0.654. The van der Waals surface area contributed by atoms with Crippen LogP contribution in [0.2, 0.25) is 0 Å². The number of nitrogens with zero attached hydrogens (tertiary/aromatic N) is 2. The van der Waals surface area contributed by atoms with E-state index in [1.54, 1.807) is 0 Å². The van der Waals surface area contributed by atoms with Gasteiger partial charge in [-0.1, -0.05) is 60.7 Å². The fourth-order valence-corrected chi connectivity index (χ4v) is 3.37. The number of carbonyl (C=O) groups excluding carboxylic acids is 2. The number of hydrogen-bond donors (Lipinski definition) is 0. The molecule has 4 nitrogen and oxygen atoms in total. The molecule has 0 saturated carbocycles. The van der Waals surface area contributed by atoms with Gasteiger partial charge in [0, 0.05) is 28.8 Å². The first kappa shape index (κ1) is 16.9. The number of aldehydes is 2. The molecule has 0 bridgehead atoms. The minimum atomic E-state index is 0.654. The summed E-state index contributed by atoms with van der Waals surface area (Å²) in [5, 5.41) is 0. The maximum Gasteiger partial charge on any atom is 0.150 e. The van der Waals surface area contributed by atoms with Crippen LogP contribution in [-0.4, -0.2) is 22.1 Å². The van der Waals surface area contributed by atoms with Crippen LogP contribution >= 0.6 is 0 Å². The predicted molar refractivity (Wildman–Crippen MR) is 107 cm³/mol. The van der Waals surface area contributed by atoms with E-state index >= 15 is 0 Å². The maximum absolute atomic E-state index is 10.9.